The highest BCUT2D eigenvalue weighted by molar-refractivity contribution is 5.92. The summed E-state index contributed by atoms with van der Waals surface area (Å²) in [4.78, 5) is 38.1. The lowest BCUT2D eigenvalue weighted by Crippen LogP contribution is -2.33. The average molecular weight is 374 g/mol. The molecule has 28 heavy (non-hydrogen) atoms. The molecule has 1 aromatic carbocycles. The summed E-state index contributed by atoms with van der Waals surface area (Å²) in [6.45, 7) is 2.28. The van der Waals surface area contributed by atoms with Gasteiger partial charge in [0.2, 0.25) is 0 Å². The molecule has 1 amide bonds. The van der Waals surface area contributed by atoms with Crippen molar-refractivity contribution < 1.29 is 9.21 Å². The maximum Gasteiger partial charge on any atom is 0.274 e. The van der Waals surface area contributed by atoms with Crippen molar-refractivity contribution in [1.29, 1.82) is 0 Å². The molecule has 0 radical (unpaired) electrons. The molecule has 4 aromatic rings. The monoisotopic (exact) mass is 374 g/mol. The first-order chi connectivity index (χ1) is 13.6. The molecule has 0 aliphatic carbocycles. The highest BCUT2D eigenvalue weighted by Gasteiger charge is 2.20. The van der Waals surface area contributed by atoms with E-state index < -0.39 is 0 Å². The maximum absolute atomic E-state index is 13.0. The number of aryl methyl sites for hydroxylation is 1. The number of nitrogens with zero attached hydrogens (tertiary/aromatic N) is 3. The first kappa shape index (κ1) is 17.7. The van der Waals surface area contributed by atoms with E-state index in [4.69, 9.17) is 4.42 Å². The Bertz CT molecular complexity index is 1170. The van der Waals surface area contributed by atoms with Crippen molar-refractivity contribution in [3.63, 3.8) is 0 Å². The molecule has 0 saturated heterocycles. The quantitative estimate of drug-likeness (QED) is 0.580. The van der Waals surface area contributed by atoms with Crippen LogP contribution in [0, 0.1) is 6.92 Å². The lowest BCUT2D eigenvalue weighted by Gasteiger charge is -2.21. The summed E-state index contributed by atoms with van der Waals surface area (Å²) in [5, 5.41) is 0.916. The van der Waals surface area contributed by atoms with E-state index in [1.165, 1.54) is 23.5 Å². The summed E-state index contributed by atoms with van der Waals surface area (Å²) >= 11 is 0. The molecule has 0 spiro atoms. The molecule has 7 nitrogen and oxygen atoms in total. The standard InChI is InChI=1S/C21H18N4O3/c1-14-4-2-5-15-10-16(20(26)24-19(14)15)12-25(13-17-6-3-9-28-17)21(27)18-11-22-7-8-23-18/h2-11H,12-13H2,1H3,(H,24,26). The Labute approximate surface area is 160 Å². The van der Waals surface area contributed by atoms with Crippen molar-refractivity contribution in [2.75, 3.05) is 0 Å². The van der Waals surface area contributed by atoms with Gasteiger partial charge in [-0.15, -0.1) is 0 Å². The third-order valence-electron chi connectivity index (χ3n) is 4.52. The number of hydrogen-bond donors (Lipinski definition) is 1. The van der Waals surface area contributed by atoms with Gasteiger partial charge in [0.15, 0.2) is 0 Å². The Morgan fingerprint density at radius 3 is 2.82 bits per heavy atom. The van der Waals surface area contributed by atoms with Crippen LogP contribution >= 0.6 is 0 Å². The third kappa shape index (κ3) is 3.55. The molecule has 1 N–H and O–H groups in total. The molecular formula is C21H18N4O3. The summed E-state index contributed by atoms with van der Waals surface area (Å²) in [6.07, 6.45) is 5.92. The molecule has 0 aliphatic rings. The fourth-order valence-electron chi connectivity index (χ4n) is 3.11. The number of nitrogens with one attached hydrogen (secondary N) is 1. The Morgan fingerprint density at radius 2 is 2.07 bits per heavy atom. The van der Waals surface area contributed by atoms with Crippen molar-refractivity contribution in [3.8, 4) is 0 Å². The van der Waals surface area contributed by atoms with Gasteiger partial charge in [-0.1, -0.05) is 18.2 Å². The third-order valence-corrected chi connectivity index (χ3v) is 4.52. The topological polar surface area (TPSA) is 92.1 Å². The average Bonchev–Trinajstić information content (AvgIpc) is 3.22. The van der Waals surface area contributed by atoms with Crippen LogP contribution in [0.2, 0.25) is 0 Å². The maximum atomic E-state index is 13.0. The lowest BCUT2D eigenvalue weighted by atomic mass is 10.1. The molecular weight excluding hydrogens is 356 g/mol. The molecule has 0 saturated carbocycles. The number of furan rings is 1. The highest BCUT2D eigenvalue weighted by atomic mass is 16.3. The van der Waals surface area contributed by atoms with E-state index >= 15 is 0 Å². The van der Waals surface area contributed by atoms with E-state index in [1.807, 2.05) is 31.2 Å². The van der Waals surface area contributed by atoms with Crippen LogP contribution in [-0.2, 0) is 13.1 Å². The zero-order valence-corrected chi connectivity index (χ0v) is 15.3. The van der Waals surface area contributed by atoms with Gasteiger partial charge in [0.25, 0.3) is 11.5 Å². The molecule has 4 rings (SSSR count). The van der Waals surface area contributed by atoms with Gasteiger partial charge in [0.1, 0.15) is 11.5 Å². The van der Waals surface area contributed by atoms with E-state index in [1.54, 1.807) is 18.4 Å². The molecule has 0 bridgehead atoms. The predicted molar refractivity (Wildman–Crippen MR) is 104 cm³/mol. The number of hydrogen-bond acceptors (Lipinski definition) is 5. The Morgan fingerprint density at radius 1 is 1.18 bits per heavy atom. The summed E-state index contributed by atoms with van der Waals surface area (Å²) in [5.74, 6) is 0.290. The van der Waals surface area contributed by atoms with Crippen LogP contribution in [0.5, 0.6) is 0 Å². The number of aromatic amines is 1. The van der Waals surface area contributed by atoms with Crippen LogP contribution in [0.25, 0.3) is 10.9 Å². The molecule has 0 aliphatic heterocycles. The van der Waals surface area contributed by atoms with Crippen LogP contribution in [0.15, 0.2) is 70.5 Å². The van der Waals surface area contributed by atoms with Gasteiger partial charge < -0.3 is 14.3 Å². The Balaban J connectivity index is 1.71. The summed E-state index contributed by atoms with van der Waals surface area (Å²) in [7, 11) is 0. The van der Waals surface area contributed by atoms with Crippen LogP contribution < -0.4 is 5.56 Å². The first-order valence-corrected chi connectivity index (χ1v) is 8.81. The van der Waals surface area contributed by atoms with E-state index in [0.29, 0.717) is 11.3 Å². The van der Waals surface area contributed by atoms with Gasteiger partial charge in [-0.05, 0) is 36.1 Å². The van der Waals surface area contributed by atoms with Gasteiger partial charge in [0.05, 0.1) is 31.1 Å². The minimum atomic E-state index is -0.326. The van der Waals surface area contributed by atoms with Crippen LogP contribution in [0.4, 0.5) is 0 Å². The molecule has 0 unspecified atom stereocenters. The fraction of sp³-hybridized carbons (Fsp3) is 0.143. The van der Waals surface area contributed by atoms with Crippen LogP contribution in [0.3, 0.4) is 0 Å². The zero-order chi connectivity index (χ0) is 19.5. The minimum absolute atomic E-state index is 0.120. The van der Waals surface area contributed by atoms with Gasteiger partial charge in [0, 0.05) is 18.0 Å². The van der Waals surface area contributed by atoms with Gasteiger partial charge in [-0.25, -0.2) is 4.98 Å². The number of aromatic nitrogens is 3. The van der Waals surface area contributed by atoms with Crippen molar-refractivity contribution in [1.82, 2.24) is 19.9 Å². The number of carbonyl (C=O) groups is 1. The smallest absolute Gasteiger partial charge is 0.274 e. The van der Waals surface area contributed by atoms with Crippen LogP contribution in [-0.4, -0.2) is 25.8 Å². The molecule has 0 fully saturated rings. The molecule has 3 aromatic heterocycles. The predicted octanol–water partition coefficient (Wildman–Crippen LogP) is 3.06. The number of pyridine rings is 1. The molecule has 7 heteroatoms. The van der Waals surface area contributed by atoms with Gasteiger partial charge in [-0.2, -0.15) is 0 Å². The lowest BCUT2D eigenvalue weighted by molar-refractivity contribution is 0.0710. The largest absolute Gasteiger partial charge is 0.467 e. The Hall–Kier alpha value is -3.74. The van der Waals surface area contributed by atoms with Gasteiger partial charge in [-0.3, -0.25) is 14.6 Å². The van der Waals surface area contributed by atoms with E-state index in [2.05, 4.69) is 15.0 Å². The zero-order valence-electron chi connectivity index (χ0n) is 15.3. The second-order valence-corrected chi connectivity index (χ2v) is 6.49. The number of fused-ring (bicyclic) bond motifs is 1. The first-order valence-electron chi connectivity index (χ1n) is 8.81. The number of para-hydroxylation sites is 1. The number of amides is 1. The second kappa shape index (κ2) is 7.48. The normalized spacial score (nSPS) is 10.9. The molecule has 140 valence electrons. The van der Waals surface area contributed by atoms with Crippen molar-refractivity contribution in [2.45, 2.75) is 20.0 Å². The van der Waals surface area contributed by atoms with E-state index in [0.717, 1.165) is 16.5 Å². The highest BCUT2D eigenvalue weighted by Crippen LogP contribution is 2.17. The summed E-state index contributed by atoms with van der Waals surface area (Å²) < 4.78 is 5.39. The number of carbonyl (C=O) groups excluding carboxylic acids is 1. The van der Waals surface area contributed by atoms with Crippen molar-refractivity contribution >= 4 is 16.8 Å². The fourth-order valence-corrected chi connectivity index (χ4v) is 3.11. The van der Waals surface area contributed by atoms with E-state index in [9.17, 15) is 9.59 Å². The molecule has 0 atom stereocenters. The van der Waals surface area contributed by atoms with Crippen molar-refractivity contribution in [3.05, 3.63) is 94.2 Å². The molecule has 3 heterocycles. The SMILES string of the molecule is Cc1cccc2cc(CN(Cc3ccco3)C(=O)c3cnccn3)c(=O)[nH]c12. The van der Waals surface area contributed by atoms with Crippen LogP contribution in [0.1, 0.15) is 27.4 Å². The Kier molecular flexibility index (Phi) is 4.72. The van der Waals surface area contributed by atoms with Gasteiger partial charge >= 0.3 is 0 Å². The minimum Gasteiger partial charge on any atom is -0.467 e. The summed E-state index contributed by atoms with van der Waals surface area (Å²) in [6, 6.07) is 11.2. The summed E-state index contributed by atoms with van der Waals surface area (Å²) in [5.41, 5.74) is 2.26. The van der Waals surface area contributed by atoms with Crippen molar-refractivity contribution in [2.24, 2.45) is 0 Å². The van der Waals surface area contributed by atoms with E-state index in [-0.39, 0.29) is 30.2 Å². The number of rotatable bonds is 5. The number of benzene rings is 1. The second-order valence-electron chi connectivity index (χ2n) is 6.49. The number of H-pyrrole nitrogens is 1.